The maximum atomic E-state index is 9.31. The Labute approximate surface area is 134 Å². The Balaban J connectivity index is 1.46. The van der Waals surface area contributed by atoms with Crippen molar-refractivity contribution in [2.75, 3.05) is 26.4 Å². The highest BCUT2D eigenvalue weighted by atomic mass is 16.5. The lowest BCUT2D eigenvalue weighted by molar-refractivity contribution is 0.120. The van der Waals surface area contributed by atoms with Crippen LogP contribution in [0.4, 0.5) is 0 Å². The van der Waals surface area contributed by atoms with Crippen LogP contribution in [0.5, 0.6) is 0 Å². The van der Waals surface area contributed by atoms with Crippen LogP contribution >= 0.6 is 0 Å². The van der Waals surface area contributed by atoms with E-state index in [4.69, 9.17) is 4.74 Å². The summed E-state index contributed by atoms with van der Waals surface area (Å²) >= 11 is 0. The van der Waals surface area contributed by atoms with Gasteiger partial charge in [-0.05, 0) is 50.0 Å². The quantitative estimate of drug-likeness (QED) is 0.848. The number of aliphatic hydroxyl groups excluding tert-OH is 1. The van der Waals surface area contributed by atoms with E-state index in [-0.39, 0.29) is 12.0 Å². The Morgan fingerprint density at radius 1 is 1.14 bits per heavy atom. The Hall–Kier alpha value is -0.900. The average molecular weight is 303 g/mol. The molecule has 1 heterocycles. The molecule has 0 spiro atoms. The van der Waals surface area contributed by atoms with E-state index in [1.807, 2.05) is 0 Å². The van der Waals surface area contributed by atoms with Gasteiger partial charge < -0.3 is 15.2 Å². The van der Waals surface area contributed by atoms with Gasteiger partial charge in [0.1, 0.15) is 0 Å². The van der Waals surface area contributed by atoms with Gasteiger partial charge >= 0.3 is 0 Å². The van der Waals surface area contributed by atoms with Gasteiger partial charge in [-0.1, -0.05) is 30.3 Å². The minimum Gasteiger partial charge on any atom is -0.396 e. The third-order valence-corrected chi connectivity index (χ3v) is 5.59. The Bertz CT molecular complexity index is 434. The van der Waals surface area contributed by atoms with Crippen LogP contribution in [0.2, 0.25) is 0 Å². The maximum Gasteiger partial charge on any atom is 0.0536 e. The van der Waals surface area contributed by atoms with Crippen molar-refractivity contribution in [3.63, 3.8) is 0 Å². The predicted molar refractivity (Wildman–Crippen MR) is 89.0 cm³/mol. The highest BCUT2D eigenvalue weighted by Crippen LogP contribution is 2.35. The van der Waals surface area contributed by atoms with Gasteiger partial charge in [0.15, 0.2) is 0 Å². The molecular weight excluding hydrogens is 274 g/mol. The smallest absolute Gasteiger partial charge is 0.0536 e. The zero-order chi connectivity index (χ0) is 15.3. The van der Waals surface area contributed by atoms with Crippen molar-refractivity contribution in [2.24, 2.45) is 5.41 Å². The van der Waals surface area contributed by atoms with Crippen molar-refractivity contribution in [1.29, 1.82) is 0 Å². The normalized spacial score (nSPS) is 32.2. The fourth-order valence-corrected chi connectivity index (χ4v) is 4.03. The van der Waals surface area contributed by atoms with Gasteiger partial charge in [0.05, 0.1) is 6.61 Å². The lowest BCUT2D eigenvalue weighted by Crippen LogP contribution is -2.42. The monoisotopic (exact) mass is 303 g/mol. The molecule has 22 heavy (non-hydrogen) atoms. The summed E-state index contributed by atoms with van der Waals surface area (Å²) in [7, 11) is 0. The zero-order valence-electron chi connectivity index (χ0n) is 13.5. The van der Waals surface area contributed by atoms with Gasteiger partial charge in [0.2, 0.25) is 0 Å². The summed E-state index contributed by atoms with van der Waals surface area (Å²) in [5.74, 6) is 0.737. The molecule has 0 bridgehead atoms. The van der Waals surface area contributed by atoms with Gasteiger partial charge in [0.25, 0.3) is 0 Å². The molecule has 2 aliphatic rings. The average Bonchev–Trinajstić information content (AvgIpc) is 3.04. The number of ether oxygens (including phenoxy) is 1. The summed E-state index contributed by atoms with van der Waals surface area (Å²) in [6.45, 7) is 2.92. The van der Waals surface area contributed by atoms with E-state index < -0.39 is 0 Å². The van der Waals surface area contributed by atoms with E-state index in [1.165, 1.54) is 31.2 Å². The first kappa shape index (κ1) is 16.0. The van der Waals surface area contributed by atoms with E-state index in [0.29, 0.717) is 6.04 Å². The molecule has 3 rings (SSSR count). The van der Waals surface area contributed by atoms with Crippen LogP contribution < -0.4 is 5.32 Å². The van der Waals surface area contributed by atoms with Crippen LogP contribution in [0.3, 0.4) is 0 Å². The lowest BCUT2D eigenvalue weighted by Gasteiger charge is -2.33. The molecule has 1 aromatic rings. The largest absolute Gasteiger partial charge is 0.396 e. The number of hydrogen-bond acceptors (Lipinski definition) is 3. The Morgan fingerprint density at radius 2 is 1.91 bits per heavy atom. The third kappa shape index (κ3) is 3.89. The summed E-state index contributed by atoms with van der Waals surface area (Å²) in [6, 6.07) is 11.6. The molecule has 2 fully saturated rings. The van der Waals surface area contributed by atoms with E-state index in [1.54, 1.807) is 0 Å². The summed E-state index contributed by atoms with van der Waals surface area (Å²) < 4.78 is 5.58. The van der Waals surface area contributed by atoms with Gasteiger partial charge in [0, 0.05) is 31.2 Å². The minimum absolute atomic E-state index is 0.172. The van der Waals surface area contributed by atoms with Crippen molar-refractivity contribution in [3.8, 4) is 0 Å². The molecule has 1 atom stereocenters. The molecule has 3 heteroatoms. The molecular formula is C19H29NO2. The first-order valence-electron chi connectivity index (χ1n) is 8.78. The summed E-state index contributed by atoms with van der Waals surface area (Å²) in [5, 5.41) is 13.1. The summed E-state index contributed by atoms with van der Waals surface area (Å²) in [6.07, 6.45) is 7.03. The summed E-state index contributed by atoms with van der Waals surface area (Å²) in [4.78, 5) is 0. The van der Waals surface area contributed by atoms with Crippen LogP contribution in [0, 0.1) is 5.41 Å². The molecule has 1 aromatic carbocycles. The minimum atomic E-state index is 0.172. The first-order chi connectivity index (χ1) is 10.8. The Morgan fingerprint density at radius 3 is 2.55 bits per heavy atom. The van der Waals surface area contributed by atoms with Crippen molar-refractivity contribution in [3.05, 3.63) is 35.9 Å². The van der Waals surface area contributed by atoms with Gasteiger partial charge in [-0.2, -0.15) is 0 Å². The molecule has 0 radical (unpaired) electrons. The van der Waals surface area contributed by atoms with E-state index in [2.05, 4.69) is 35.6 Å². The number of rotatable bonds is 6. The fraction of sp³-hybridized carbons (Fsp3) is 0.684. The van der Waals surface area contributed by atoms with E-state index in [9.17, 15) is 5.11 Å². The van der Waals surface area contributed by atoms with Crippen LogP contribution in [-0.4, -0.2) is 37.5 Å². The highest BCUT2D eigenvalue weighted by molar-refractivity contribution is 5.20. The first-order valence-corrected chi connectivity index (χ1v) is 8.78. The van der Waals surface area contributed by atoms with Gasteiger partial charge in [-0.3, -0.25) is 0 Å². The SMILES string of the molecule is OCCC1(CNC2CCC(c3ccccc3)CC2)CCOC1. The molecule has 1 aliphatic heterocycles. The van der Waals surface area contributed by atoms with E-state index in [0.717, 1.165) is 38.5 Å². The van der Waals surface area contributed by atoms with E-state index >= 15 is 0 Å². The molecule has 3 nitrogen and oxygen atoms in total. The zero-order valence-corrected chi connectivity index (χ0v) is 13.5. The fourth-order valence-electron chi connectivity index (χ4n) is 4.03. The molecule has 2 N–H and O–H groups in total. The second kappa shape index (κ2) is 7.58. The van der Waals surface area contributed by atoms with Crippen LogP contribution in [-0.2, 0) is 4.74 Å². The van der Waals surface area contributed by atoms with Gasteiger partial charge in [-0.15, -0.1) is 0 Å². The predicted octanol–water partition coefficient (Wildman–Crippen LogP) is 3.09. The van der Waals surface area contributed by atoms with Crippen molar-refractivity contribution < 1.29 is 9.84 Å². The number of aliphatic hydroxyl groups is 1. The summed E-state index contributed by atoms with van der Waals surface area (Å²) in [5.41, 5.74) is 1.67. The second-order valence-electron chi connectivity index (χ2n) is 7.12. The third-order valence-electron chi connectivity index (χ3n) is 5.59. The van der Waals surface area contributed by atoms with Crippen molar-refractivity contribution >= 4 is 0 Å². The van der Waals surface area contributed by atoms with Crippen LogP contribution in [0.25, 0.3) is 0 Å². The lowest BCUT2D eigenvalue weighted by atomic mass is 9.80. The number of nitrogens with one attached hydrogen (secondary N) is 1. The molecule has 122 valence electrons. The van der Waals surface area contributed by atoms with Crippen LogP contribution in [0.15, 0.2) is 30.3 Å². The number of hydrogen-bond donors (Lipinski definition) is 2. The molecule has 1 unspecified atom stereocenters. The molecule has 1 saturated carbocycles. The Kier molecular flexibility index (Phi) is 5.51. The molecule has 1 aliphatic carbocycles. The highest BCUT2D eigenvalue weighted by Gasteiger charge is 2.35. The maximum absolute atomic E-state index is 9.31. The standard InChI is InChI=1S/C19H29NO2/c21-12-10-19(11-13-22-15-19)14-20-18-8-6-17(7-9-18)16-4-2-1-3-5-16/h1-5,17-18,20-21H,6-15H2. The number of benzene rings is 1. The van der Waals surface area contributed by atoms with Crippen molar-refractivity contribution in [1.82, 2.24) is 5.32 Å². The topological polar surface area (TPSA) is 41.5 Å². The van der Waals surface area contributed by atoms with Gasteiger partial charge in [-0.25, -0.2) is 0 Å². The van der Waals surface area contributed by atoms with Crippen molar-refractivity contribution in [2.45, 2.75) is 50.5 Å². The molecule has 1 saturated heterocycles. The second-order valence-corrected chi connectivity index (χ2v) is 7.12. The van der Waals surface area contributed by atoms with Crippen LogP contribution in [0.1, 0.15) is 50.0 Å². The molecule has 0 amide bonds. The molecule has 0 aromatic heterocycles.